The summed E-state index contributed by atoms with van der Waals surface area (Å²) in [7, 11) is 0. The number of hydrogen-bond donors (Lipinski definition) is 3. The van der Waals surface area contributed by atoms with Gasteiger partial charge in [0.05, 0.1) is 17.1 Å². The summed E-state index contributed by atoms with van der Waals surface area (Å²) in [4.78, 5) is 0. The normalized spacial score (nSPS) is 16.6. The van der Waals surface area contributed by atoms with Crippen LogP contribution in [-0.4, -0.2) is 29.0 Å². The van der Waals surface area contributed by atoms with Crippen molar-refractivity contribution in [2.45, 2.75) is 52.8 Å². The number of nitrogens with one attached hydrogen (secondary N) is 2. The zero-order valence-electron chi connectivity index (χ0n) is 15.3. The van der Waals surface area contributed by atoms with E-state index in [2.05, 4.69) is 42.0 Å². The summed E-state index contributed by atoms with van der Waals surface area (Å²) in [5.41, 5.74) is 6.22. The van der Waals surface area contributed by atoms with Crippen LogP contribution in [0, 0.1) is 6.92 Å². The number of aromatic nitrogens is 1. The zero-order valence-corrected chi connectivity index (χ0v) is 16.1. The van der Waals surface area contributed by atoms with E-state index in [1.165, 1.54) is 22.4 Å². The Morgan fingerprint density at radius 1 is 1.40 bits per heavy atom. The van der Waals surface area contributed by atoms with Crippen molar-refractivity contribution in [2.24, 2.45) is 0 Å². The van der Waals surface area contributed by atoms with Gasteiger partial charge in [-0.25, -0.2) is 0 Å². The van der Waals surface area contributed by atoms with Crippen LogP contribution < -0.4 is 10.6 Å². The molecule has 136 valence electrons. The second kappa shape index (κ2) is 7.81. The van der Waals surface area contributed by atoms with Crippen LogP contribution in [-0.2, 0) is 19.4 Å². The molecule has 1 aliphatic heterocycles. The Labute approximate surface area is 154 Å². The molecular formula is C20H28ClN3O. The number of benzene rings is 1. The lowest BCUT2D eigenvalue weighted by molar-refractivity contribution is 0.133. The molecule has 2 aromatic rings. The number of hydrogen-bond acceptors (Lipinski definition) is 3. The largest absolute Gasteiger partial charge is 0.372 e. The van der Waals surface area contributed by atoms with Gasteiger partial charge >= 0.3 is 0 Å². The van der Waals surface area contributed by atoms with E-state index in [4.69, 9.17) is 11.6 Å². The average Bonchev–Trinajstić information content (AvgIpc) is 2.75. The topological polar surface area (TPSA) is 49.2 Å². The third-order valence-corrected chi connectivity index (χ3v) is 5.42. The second-order valence-electron chi connectivity index (χ2n) is 6.90. The van der Waals surface area contributed by atoms with E-state index in [1.807, 2.05) is 12.3 Å². The third kappa shape index (κ3) is 3.71. The van der Waals surface area contributed by atoms with E-state index in [-0.39, 0.29) is 0 Å². The van der Waals surface area contributed by atoms with Crippen molar-refractivity contribution < 1.29 is 5.11 Å². The molecule has 0 bridgehead atoms. The number of halogens is 1. The first kappa shape index (κ1) is 18.3. The molecule has 0 aliphatic carbocycles. The fourth-order valence-electron chi connectivity index (χ4n) is 3.62. The standard InChI is InChI=1S/C20H28ClN3O/c1-4-13(2)11-23-18(25)12-24-17-8-10-22-9-7-15(17)19-16(21)6-5-14(3)20(19)24/h5-6,11,18,22-23,25H,4,7-10,12H2,1-3H3/b13-11+. The van der Waals surface area contributed by atoms with Gasteiger partial charge in [-0.2, -0.15) is 0 Å². The van der Waals surface area contributed by atoms with Crippen LogP contribution in [0.15, 0.2) is 23.9 Å². The molecule has 1 atom stereocenters. The molecule has 0 saturated carbocycles. The Morgan fingerprint density at radius 2 is 2.16 bits per heavy atom. The lowest BCUT2D eigenvalue weighted by Gasteiger charge is -2.17. The molecule has 5 heteroatoms. The monoisotopic (exact) mass is 361 g/mol. The minimum Gasteiger partial charge on any atom is -0.372 e. The van der Waals surface area contributed by atoms with E-state index >= 15 is 0 Å². The molecular weight excluding hydrogens is 334 g/mol. The van der Waals surface area contributed by atoms with E-state index in [9.17, 15) is 5.11 Å². The van der Waals surface area contributed by atoms with Gasteiger partial charge in [-0.1, -0.05) is 30.2 Å². The summed E-state index contributed by atoms with van der Waals surface area (Å²) in [6, 6.07) is 4.06. The van der Waals surface area contributed by atoms with Crippen LogP contribution in [0.3, 0.4) is 0 Å². The number of aliphatic hydroxyl groups excluding tert-OH is 1. The van der Waals surface area contributed by atoms with E-state index in [0.717, 1.165) is 48.3 Å². The molecule has 0 amide bonds. The van der Waals surface area contributed by atoms with Crippen molar-refractivity contribution in [3.05, 3.63) is 45.7 Å². The highest BCUT2D eigenvalue weighted by Crippen LogP contribution is 2.35. The van der Waals surface area contributed by atoms with Gasteiger partial charge in [0.1, 0.15) is 6.23 Å². The smallest absolute Gasteiger partial charge is 0.142 e. The number of aliphatic hydroxyl groups is 1. The van der Waals surface area contributed by atoms with Crippen molar-refractivity contribution in [1.29, 1.82) is 0 Å². The van der Waals surface area contributed by atoms with Gasteiger partial charge in [0, 0.05) is 24.0 Å². The van der Waals surface area contributed by atoms with Crippen molar-refractivity contribution in [3.63, 3.8) is 0 Å². The Hall–Kier alpha value is -1.49. The Kier molecular flexibility index (Phi) is 5.72. The summed E-state index contributed by atoms with van der Waals surface area (Å²) in [6.07, 6.45) is 4.19. The summed E-state index contributed by atoms with van der Waals surface area (Å²) in [6.45, 7) is 8.73. The molecule has 0 fully saturated rings. The first-order chi connectivity index (χ1) is 12.0. The SMILES string of the molecule is CC/C(C)=C/NC(O)Cn1c2c(c3c(Cl)ccc(C)c31)CCNCC2. The van der Waals surface area contributed by atoms with Gasteiger partial charge in [-0.3, -0.25) is 0 Å². The minimum absolute atomic E-state index is 0.514. The Bertz CT molecular complexity index is 794. The fourth-order valence-corrected chi connectivity index (χ4v) is 3.88. The molecule has 3 N–H and O–H groups in total. The van der Waals surface area contributed by atoms with E-state index < -0.39 is 6.23 Å². The molecule has 1 unspecified atom stereocenters. The Balaban J connectivity index is 2.04. The van der Waals surface area contributed by atoms with E-state index in [1.54, 1.807) is 0 Å². The third-order valence-electron chi connectivity index (χ3n) is 5.10. The number of rotatable bonds is 5. The predicted molar refractivity (Wildman–Crippen MR) is 105 cm³/mol. The summed E-state index contributed by atoms with van der Waals surface area (Å²) >= 11 is 6.57. The molecule has 3 rings (SSSR count). The quantitative estimate of drug-likeness (QED) is 0.714. The van der Waals surface area contributed by atoms with Crippen LogP contribution >= 0.6 is 11.6 Å². The molecule has 1 aromatic heterocycles. The van der Waals surface area contributed by atoms with Gasteiger partial charge in [-0.05, 0) is 56.6 Å². The van der Waals surface area contributed by atoms with Crippen LogP contribution in [0.4, 0.5) is 0 Å². The average molecular weight is 362 g/mol. The number of aryl methyl sites for hydroxylation is 1. The molecule has 2 heterocycles. The van der Waals surface area contributed by atoms with Gasteiger partial charge < -0.3 is 20.3 Å². The van der Waals surface area contributed by atoms with Crippen LogP contribution in [0.2, 0.25) is 5.02 Å². The van der Waals surface area contributed by atoms with Gasteiger partial charge in [-0.15, -0.1) is 0 Å². The van der Waals surface area contributed by atoms with Gasteiger partial charge in [0.15, 0.2) is 0 Å². The lowest BCUT2D eigenvalue weighted by atomic mass is 10.1. The molecule has 0 radical (unpaired) electrons. The zero-order chi connectivity index (χ0) is 18.0. The first-order valence-electron chi connectivity index (χ1n) is 9.12. The maximum absolute atomic E-state index is 10.5. The summed E-state index contributed by atoms with van der Waals surface area (Å²) in [5.74, 6) is 0. The van der Waals surface area contributed by atoms with Gasteiger partial charge in [0.25, 0.3) is 0 Å². The predicted octanol–water partition coefficient (Wildman–Crippen LogP) is 3.51. The van der Waals surface area contributed by atoms with E-state index in [0.29, 0.717) is 6.54 Å². The van der Waals surface area contributed by atoms with Crippen molar-refractivity contribution in [3.8, 4) is 0 Å². The van der Waals surface area contributed by atoms with Crippen LogP contribution in [0.5, 0.6) is 0 Å². The maximum atomic E-state index is 10.5. The van der Waals surface area contributed by atoms with Crippen LogP contribution in [0.25, 0.3) is 10.9 Å². The molecule has 0 saturated heterocycles. The van der Waals surface area contributed by atoms with Gasteiger partial charge in [0.2, 0.25) is 0 Å². The molecule has 0 spiro atoms. The summed E-state index contributed by atoms with van der Waals surface area (Å²) in [5, 5.41) is 19.1. The van der Waals surface area contributed by atoms with Crippen LogP contribution in [0.1, 0.15) is 37.1 Å². The highest BCUT2D eigenvalue weighted by Gasteiger charge is 2.22. The summed E-state index contributed by atoms with van der Waals surface area (Å²) < 4.78 is 2.27. The number of nitrogens with zero attached hydrogens (tertiary/aromatic N) is 1. The Morgan fingerprint density at radius 3 is 2.92 bits per heavy atom. The molecule has 4 nitrogen and oxygen atoms in total. The van der Waals surface area contributed by atoms with Crippen molar-refractivity contribution in [1.82, 2.24) is 15.2 Å². The molecule has 1 aliphatic rings. The minimum atomic E-state index is -0.629. The van der Waals surface area contributed by atoms with Crippen molar-refractivity contribution in [2.75, 3.05) is 13.1 Å². The fraction of sp³-hybridized carbons (Fsp3) is 0.500. The van der Waals surface area contributed by atoms with Crippen molar-refractivity contribution >= 4 is 22.5 Å². The maximum Gasteiger partial charge on any atom is 0.142 e. The number of fused-ring (bicyclic) bond motifs is 3. The second-order valence-corrected chi connectivity index (χ2v) is 7.31. The lowest BCUT2D eigenvalue weighted by Crippen LogP contribution is -2.30. The molecule has 25 heavy (non-hydrogen) atoms. The number of allylic oxidation sites excluding steroid dienone is 1. The highest BCUT2D eigenvalue weighted by atomic mass is 35.5. The first-order valence-corrected chi connectivity index (χ1v) is 9.50. The highest BCUT2D eigenvalue weighted by molar-refractivity contribution is 6.36. The molecule has 1 aromatic carbocycles.